The van der Waals surface area contributed by atoms with Crippen molar-refractivity contribution < 1.29 is 14.6 Å². The molecule has 1 heterocycles. The smallest absolute Gasteiger partial charge is 0.410 e. The van der Waals surface area contributed by atoms with Gasteiger partial charge in [0.2, 0.25) is 0 Å². The van der Waals surface area contributed by atoms with Crippen molar-refractivity contribution in [3.63, 3.8) is 0 Å². The van der Waals surface area contributed by atoms with Gasteiger partial charge in [-0.15, -0.1) is 0 Å². The molecule has 5 heteroatoms. The number of hydrogen-bond acceptors (Lipinski definition) is 4. The van der Waals surface area contributed by atoms with Gasteiger partial charge < -0.3 is 14.7 Å². The zero-order chi connectivity index (χ0) is 15.0. The number of aliphatic hydroxyl groups is 1. The Bertz CT molecular complexity index is 421. The van der Waals surface area contributed by atoms with Gasteiger partial charge >= 0.3 is 6.09 Å². The second-order valence-electron chi connectivity index (χ2n) is 7.12. The molecular weight excluding hydrogens is 256 g/mol. The van der Waals surface area contributed by atoms with Crippen LogP contribution in [0.1, 0.15) is 52.9 Å². The first-order valence-corrected chi connectivity index (χ1v) is 7.33. The Hall–Kier alpha value is -1.28. The number of nitriles is 1. The molecule has 0 spiro atoms. The molecule has 0 aromatic carbocycles. The molecule has 2 aliphatic rings. The predicted molar refractivity (Wildman–Crippen MR) is 73.9 cm³/mol. The van der Waals surface area contributed by atoms with Crippen LogP contribution in [0.25, 0.3) is 0 Å². The highest BCUT2D eigenvalue weighted by molar-refractivity contribution is 5.70. The highest BCUT2D eigenvalue weighted by atomic mass is 16.6. The summed E-state index contributed by atoms with van der Waals surface area (Å²) in [5.41, 5.74) is -2.30. The lowest BCUT2D eigenvalue weighted by molar-refractivity contribution is -0.163. The van der Waals surface area contributed by atoms with Gasteiger partial charge in [-0.1, -0.05) is 19.3 Å². The largest absolute Gasteiger partial charge is 0.444 e. The van der Waals surface area contributed by atoms with Crippen LogP contribution in [0.4, 0.5) is 4.79 Å². The Kier molecular flexibility index (Phi) is 3.72. The first kappa shape index (κ1) is 15.1. The molecule has 1 N–H and O–H groups in total. The van der Waals surface area contributed by atoms with E-state index >= 15 is 0 Å². The van der Waals surface area contributed by atoms with E-state index in [9.17, 15) is 15.2 Å². The van der Waals surface area contributed by atoms with Crippen molar-refractivity contribution in [2.75, 3.05) is 13.1 Å². The van der Waals surface area contributed by atoms with Crippen molar-refractivity contribution in [1.82, 2.24) is 4.90 Å². The molecule has 112 valence electrons. The van der Waals surface area contributed by atoms with E-state index < -0.39 is 22.7 Å². The van der Waals surface area contributed by atoms with E-state index in [1.165, 1.54) is 4.90 Å². The molecular formula is C15H24N2O3. The van der Waals surface area contributed by atoms with Gasteiger partial charge in [0.05, 0.1) is 24.6 Å². The maximum absolute atomic E-state index is 11.9. The van der Waals surface area contributed by atoms with Crippen LogP contribution in [0, 0.1) is 16.7 Å². The summed E-state index contributed by atoms with van der Waals surface area (Å²) in [6, 6.07) is 2.34. The molecule has 1 saturated carbocycles. The third-order valence-corrected chi connectivity index (χ3v) is 4.37. The average molecular weight is 280 g/mol. The lowest BCUT2D eigenvalue weighted by Crippen LogP contribution is -2.71. The molecule has 0 atom stereocenters. The zero-order valence-corrected chi connectivity index (χ0v) is 12.6. The normalized spacial score (nSPS) is 24.4. The van der Waals surface area contributed by atoms with Gasteiger partial charge in [0.25, 0.3) is 0 Å². The standard InChI is InChI=1S/C15H24N2O3/c1-13(2,3)20-12(18)17-10-15(19,11-17)14(9-16)7-5-4-6-8-14/h19H,4-8,10-11H2,1-3H3. The monoisotopic (exact) mass is 280 g/mol. The molecule has 1 aliphatic carbocycles. The molecule has 2 rings (SSSR count). The summed E-state index contributed by atoms with van der Waals surface area (Å²) in [5, 5.41) is 20.2. The predicted octanol–water partition coefficient (Wildman–Crippen LogP) is 2.44. The highest BCUT2D eigenvalue weighted by Gasteiger charge is 2.59. The summed E-state index contributed by atoms with van der Waals surface area (Å²) in [6.45, 7) is 5.85. The van der Waals surface area contributed by atoms with Gasteiger partial charge in [0.1, 0.15) is 11.2 Å². The molecule has 20 heavy (non-hydrogen) atoms. The number of ether oxygens (including phenoxy) is 1. The van der Waals surface area contributed by atoms with Crippen LogP contribution < -0.4 is 0 Å². The quantitative estimate of drug-likeness (QED) is 0.800. The van der Waals surface area contributed by atoms with Crippen LogP contribution in [0.3, 0.4) is 0 Å². The van der Waals surface area contributed by atoms with Crippen molar-refractivity contribution in [2.45, 2.75) is 64.1 Å². The fraction of sp³-hybridized carbons (Fsp3) is 0.867. The number of β-amino-alcohol motifs (C(OH)–C–C–N with tert-alkyl or cyclic N) is 1. The van der Waals surface area contributed by atoms with E-state index in [-0.39, 0.29) is 13.1 Å². The Balaban J connectivity index is 2.00. The molecule has 0 unspecified atom stereocenters. The van der Waals surface area contributed by atoms with Crippen molar-refractivity contribution in [2.24, 2.45) is 5.41 Å². The molecule has 2 fully saturated rings. The number of hydrogen-bond donors (Lipinski definition) is 1. The van der Waals surface area contributed by atoms with Crippen LogP contribution in [-0.2, 0) is 4.74 Å². The fourth-order valence-corrected chi connectivity index (χ4v) is 3.18. The van der Waals surface area contributed by atoms with Crippen LogP contribution in [-0.4, -0.2) is 40.4 Å². The number of nitrogens with zero attached hydrogens (tertiary/aromatic N) is 2. The van der Waals surface area contributed by atoms with Crippen molar-refractivity contribution in [1.29, 1.82) is 5.26 Å². The molecule has 1 saturated heterocycles. The summed E-state index contributed by atoms with van der Waals surface area (Å²) in [5.74, 6) is 0. The summed E-state index contributed by atoms with van der Waals surface area (Å²) in [7, 11) is 0. The van der Waals surface area contributed by atoms with Gasteiger partial charge in [0.15, 0.2) is 0 Å². The van der Waals surface area contributed by atoms with E-state index in [0.717, 1.165) is 32.1 Å². The molecule has 5 nitrogen and oxygen atoms in total. The average Bonchev–Trinajstić information content (AvgIpc) is 2.33. The van der Waals surface area contributed by atoms with Crippen LogP contribution >= 0.6 is 0 Å². The Morgan fingerprint density at radius 3 is 2.25 bits per heavy atom. The van der Waals surface area contributed by atoms with E-state index in [4.69, 9.17) is 4.74 Å². The van der Waals surface area contributed by atoms with Gasteiger partial charge in [-0.2, -0.15) is 5.26 Å². The molecule has 0 aromatic rings. The lowest BCUT2D eigenvalue weighted by Gasteiger charge is -2.55. The van der Waals surface area contributed by atoms with Crippen LogP contribution in [0.15, 0.2) is 0 Å². The molecule has 0 aromatic heterocycles. The third kappa shape index (κ3) is 2.62. The summed E-state index contributed by atoms with van der Waals surface area (Å²) in [4.78, 5) is 13.4. The topological polar surface area (TPSA) is 73.6 Å². The zero-order valence-electron chi connectivity index (χ0n) is 12.6. The Morgan fingerprint density at radius 2 is 1.80 bits per heavy atom. The number of amides is 1. The van der Waals surface area contributed by atoms with Crippen molar-refractivity contribution in [3.05, 3.63) is 0 Å². The fourth-order valence-electron chi connectivity index (χ4n) is 3.18. The van der Waals surface area contributed by atoms with E-state index in [1.807, 2.05) is 20.8 Å². The van der Waals surface area contributed by atoms with Crippen LogP contribution in [0.5, 0.6) is 0 Å². The molecule has 0 bridgehead atoms. The number of carbonyl (C=O) groups is 1. The maximum Gasteiger partial charge on any atom is 0.410 e. The van der Waals surface area contributed by atoms with Crippen LogP contribution in [0.2, 0.25) is 0 Å². The molecule has 0 radical (unpaired) electrons. The number of likely N-dealkylation sites (tertiary alicyclic amines) is 1. The summed E-state index contributed by atoms with van der Waals surface area (Å²) >= 11 is 0. The number of rotatable bonds is 1. The molecule has 1 amide bonds. The minimum atomic E-state index is -1.07. The first-order chi connectivity index (χ1) is 9.21. The SMILES string of the molecule is CC(C)(C)OC(=O)N1CC(O)(C2(C#N)CCCCC2)C1. The minimum Gasteiger partial charge on any atom is -0.444 e. The third-order valence-electron chi connectivity index (χ3n) is 4.37. The van der Waals surface area contributed by atoms with Crippen molar-refractivity contribution >= 4 is 6.09 Å². The minimum absolute atomic E-state index is 0.204. The number of carbonyl (C=O) groups excluding carboxylic acids is 1. The Labute approximate surface area is 120 Å². The van der Waals surface area contributed by atoms with E-state index in [2.05, 4.69) is 6.07 Å². The van der Waals surface area contributed by atoms with Gasteiger partial charge in [-0.3, -0.25) is 0 Å². The summed E-state index contributed by atoms with van der Waals surface area (Å²) < 4.78 is 5.28. The highest BCUT2D eigenvalue weighted by Crippen LogP contribution is 2.48. The maximum atomic E-state index is 11.9. The van der Waals surface area contributed by atoms with E-state index in [1.54, 1.807) is 0 Å². The Morgan fingerprint density at radius 1 is 1.25 bits per heavy atom. The molecule has 1 aliphatic heterocycles. The first-order valence-electron chi connectivity index (χ1n) is 7.33. The van der Waals surface area contributed by atoms with Gasteiger partial charge in [-0.05, 0) is 33.6 Å². The second-order valence-corrected chi connectivity index (χ2v) is 7.12. The second kappa shape index (κ2) is 4.92. The van der Waals surface area contributed by atoms with Crippen molar-refractivity contribution in [3.8, 4) is 6.07 Å². The van der Waals surface area contributed by atoms with Gasteiger partial charge in [0, 0.05) is 0 Å². The van der Waals surface area contributed by atoms with E-state index in [0.29, 0.717) is 0 Å². The lowest BCUT2D eigenvalue weighted by atomic mass is 9.61. The summed E-state index contributed by atoms with van der Waals surface area (Å²) in [6.07, 6.45) is 4.11. The van der Waals surface area contributed by atoms with Gasteiger partial charge in [-0.25, -0.2) is 4.79 Å².